The van der Waals surface area contributed by atoms with Crippen molar-refractivity contribution in [1.29, 1.82) is 0 Å². The number of benzene rings is 1. The minimum absolute atomic E-state index is 0.236. The van der Waals surface area contributed by atoms with Gasteiger partial charge in [-0.2, -0.15) is 0 Å². The van der Waals surface area contributed by atoms with Crippen LogP contribution in [0, 0.1) is 3.57 Å². The van der Waals surface area contributed by atoms with Crippen LogP contribution in [0.3, 0.4) is 0 Å². The SMILES string of the molecule is CN(CC(=O)c1ccc(I)cc1)C1CCCCC1. The van der Waals surface area contributed by atoms with Gasteiger partial charge in [-0.3, -0.25) is 9.69 Å². The van der Waals surface area contributed by atoms with E-state index in [4.69, 9.17) is 0 Å². The number of nitrogens with zero attached hydrogens (tertiary/aromatic N) is 1. The molecule has 0 radical (unpaired) electrons. The highest BCUT2D eigenvalue weighted by molar-refractivity contribution is 14.1. The zero-order valence-electron chi connectivity index (χ0n) is 10.9. The molecule has 18 heavy (non-hydrogen) atoms. The lowest BCUT2D eigenvalue weighted by Gasteiger charge is -2.30. The lowest BCUT2D eigenvalue weighted by Crippen LogP contribution is -2.37. The lowest BCUT2D eigenvalue weighted by atomic mass is 9.94. The predicted octanol–water partition coefficient (Wildman–Crippen LogP) is 3.74. The van der Waals surface area contributed by atoms with E-state index in [0.29, 0.717) is 12.6 Å². The summed E-state index contributed by atoms with van der Waals surface area (Å²) in [5.74, 6) is 0.236. The summed E-state index contributed by atoms with van der Waals surface area (Å²) in [6.45, 7) is 0.547. The van der Waals surface area contributed by atoms with Crippen molar-refractivity contribution in [2.45, 2.75) is 38.1 Å². The first-order chi connectivity index (χ1) is 8.66. The number of halogens is 1. The second-order valence-corrected chi connectivity index (χ2v) is 6.38. The summed E-state index contributed by atoms with van der Waals surface area (Å²) in [5, 5.41) is 0. The smallest absolute Gasteiger partial charge is 0.176 e. The van der Waals surface area contributed by atoms with Crippen LogP contribution >= 0.6 is 22.6 Å². The Kier molecular flexibility index (Phi) is 5.18. The third-order valence-electron chi connectivity index (χ3n) is 3.76. The van der Waals surface area contributed by atoms with Crippen LogP contribution in [0.15, 0.2) is 24.3 Å². The van der Waals surface area contributed by atoms with E-state index in [0.717, 1.165) is 5.56 Å². The number of carbonyl (C=O) groups is 1. The second kappa shape index (κ2) is 6.66. The van der Waals surface area contributed by atoms with Gasteiger partial charge < -0.3 is 0 Å². The van der Waals surface area contributed by atoms with Crippen molar-refractivity contribution < 1.29 is 4.79 Å². The standard InChI is InChI=1S/C15H20INO/c1-17(14-5-3-2-4-6-14)11-15(18)12-7-9-13(16)10-8-12/h7-10,14H,2-6,11H2,1H3. The fraction of sp³-hybridized carbons (Fsp3) is 0.533. The monoisotopic (exact) mass is 357 g/mol. The van der Waals surface area contributed by atoms with Crippen LogP contribution in [0.4, 0.5) is 0 Å². The molecule has 0 atom stereocenters. The largest absolute Gasteiger partial charge is 0.296 e. The van der Waals surface area contributed by atoms with Crippen molar-refractivity contribution in [1.82, 2.24) is 4.90 Å². The van der Waals surface area contributed by atoms with Crippen molar-refractivity contribution in [3.8, 4) is 0 Å². The number of Topliss-reactive ketones (excluding diaryl/α,β-unsaturated/α-hetero) is 1. The van der Waals surface area contributed by atoms with Crippen molar-refractivity contribution in [2.75, 3.05) is 13.6 Å². The summed E-state index contributed by atoms with van der Waals surface area (Å²) in [6, 6.07) is 8.45. The molecule has 1 saturated carbocycles. The van der Waals surface area contributed by atoms with Gasteiger partial charge in [0.25, 0.3) is 0 Å². The molecule has 1 aliphatic carbocycles. The van der Waals surface area contributed by atoms with Gasteiger partial charge in [-0.25, -0.2) is 0 Å². The minimum Gasteiger partial charge on any atom is -0.296 e. The molecule has 0 amide bonds. The average Bonchev–Trinajstić information content (AvgIpc) is 2.40. The van der Waals surface area contributed by atoms with Crippen LogP contribution in [0.5, 0.6) is 0 Å². The zero-order chi connectivity index (χ0) is 13.0. The summed E-state index contributed by atoms with van der Waals surface area (Å²) in [5.41, 5.74) is 0.832. The first-order valence-electron chi connectivity index (χ1n) is 6.66. The number of likely N-dealkylation sites (N-methyl/N-ethyl adjacent to an activating group) is 1. The topological polar surface area (TPSA) is 20.3 Å². The van der Waals surface area contributed by atoms with Crippen LogP contribution in [0.2, 0.25) is 0 Å². The van der Waals surface area contributed by atoms with E-state index >= 15 is 0 Å². The van der Waals surface area contributed by atoms with E-state index in [1.165, 1.54) is 35.7 Å². The van der Waals surface area contributed by atoms with E-state index in [9.17, 15) is 4.79 Å². The number of ketones is 1. The van der Waals surface area contributed by atoms with Crippen molar-refractivity contribution in [3.05, 3.63) is 33.4 Å². The van der Waals surface area contributed by atoms with E-state index in [1.807, 2.05) is 24.3 Å². The molecule has 98 valence electrons. The molecule has 0 spiro atoms. The van der Waals surface area contributed by atoms with Gasteiger partial charge in [-0.1, -0.05) is 31.4 Å². The Bertz CT molecular complexity index is 395. The molecule has 0 aromatic heterocycles. The highest BCUT2D eigenvalue weighted by Gasteiger charge is 2.20. The zero-order valence-corrected chi connectivity index (χ0v) is 13.0. The Morgan fingerprint density at radius 2 is 1.83 bits per heavy atom. The Hall–Kier alpha value is -0.420. The summed E-state index contributed by atoms with van der Waals surface area (Å²) in [4.78, 5) is 14.4. The Morgan fingerprint density at radius 3 is 2.44 bits per heavy atom. The predicted molar refractivity (Wildman–Crippen MR) is 83.0 cm³/mol. The molecule has 0 aliphatic heterocycles. The molecule has 0 saturated heterocycles. The maximum atomic E-state index is 12.2. The third-order valence-corrected chi connectivity index (χ3v) is 4.48. The number of hydrogen-bond donors (Lipinski definition) is 0. The fourth-order valence-electron chi connectivity index (χ4n) is 2.60. The fourth-order valence-corrected chi connectivity index (χ4v) is 2.96. The minimum atomic E-state index is 0.236. The number of hydrogen-bond acceptors (Lipinski definition) is 2. The van der Waals surface area contributed by atoms with Crippen LogP contribution in [0.25, 0.3) is 0 Å². The van der Waals surface area contributed by atoms with Gasteiger partial charge in [0.05, 0.1) is 6.54 Å². The van der Waals surface area contributed by atoms with Crippen LogP contribution in [-0.2, 0) is 0 Å². The van der Waals surface area contributed by atoms with Gasteiger partial charge in [-0.05, 0) is 54.6 Å². The molecular formula is C15H20INO. The van der Waals surface area contributed by atoms with Crippen LogP contribution in [0.1, 0.15) is 42.5 Å². The van der Waals surface area contributed by atoms with Gasteiger partial charge in [-0.15, -0.1) is 0 Å². The summed E-state index contributed by atoms with van der Waals surface area (Å²) in [7, 11) is 2.08. The molecule has 1 aromatic carbocycles. The quantitative estimate of drug-likeness (QED) is 0.605. The molecular weight excluding hydrogens is 337 g/mol. The molecule has 3 heteroatoms. The van der Waals surface area contributed by atoms with E-state index in [-0.39, 0.29) is 5.78 Å². The molecule has 0 N–H and O–H groups in total. The lowest BCUT2D eigenvalue weighted by molar-refractivity contribution is 0.0899. The van der Waals surface area contributed by atoms with Crippen molar-refractivity contribution in [2.24, 2.45) is 0 Å². The van der Waals surface area contributed by atoms with Gasteiger partial charge in [0, 0.05) is 15.2 Å². The molecule has 0 heterocycles. The Morgan fingerprint density at radius 1 is 1.22 bits per heavy atom. The van der Waals surface area contributed by atoms with Gasteiger partial charge in [0.15, 0.2) is 5.78 Å². The molecule has 2 nitrogen and oxygen atoms in total. The summed E-state index contributed by atoms with van der Waals surface area (Å²) >= 11 is 2.26. The Balaban J connectivity index is 1.91. The maximum absolute atomic E-state index is 12.2. The molecule has 1 aliphatic rings. The summed E-state index contributed by atoms with van der Waals surface area (Å²) < 4.78 is 1.17. The van der Waals surface area contributed by atoms with E-state index in [2.05, 4.69) is 34.5 Å². The van der Waals surface area contributed by atoms with Gasteiger partial charge >= 0.3 is 0 Å². The highest BCUT2D eigenvalue weighted by Crippen LogP contribution is 2.21. The highest BCUT2D eigenvalue weighted by atomic mass is 127. The normalized spacial score (nSPS) is 17.1. The maximum Gasteiger partial charge on any atom is 0.176 e. The number of rotatable bonds is 4. The number of carbonyl (C=O) groups excluding carboxylic acids is 1. The average molecular weight is 357 g/mol. The third kappa shape index (κ3) is 3.79. The van der Waals surface area contributed by atoms with Crippen molar-refractivity contribution in [3.63, 3.8) is 0 Å². The van der Waals surface area contributed by atoms with Crippen LogP contribution in [-0.4, -0.2) is 30.3 Å². The van der Waals surface area contributed by atoms with E-state index < -0.39 is 0 Å². The Labute approximate surface area is 123 Å². The van der Waals surface area contributed by atoms with Gasteiger partial charge in [0.1, 0.15) is 0 Å². The van der Waals surface area contributed by atoms with E-state index in [1.54, 1.807) is 0 Å². The molecule has 1 aromatic rings. The van der Waals surface area contributed by atoms with Crippen LogP contribution < -0.4 is 0 Å². The first kappa shape index (κ1) is 14.0. The van der Waals surface area contributed by atoms with Gasteiger partial charge in [0.2, 0.25) is 0 Å². The molecule has 2 rings (SSSR count). The summed E-state index contributed by atoms with van der Waals surface area (Å²) in [6.07, 6.45) is 6.47. The molecule has 1 fully saturated rings. The molecule has 0 bridgehead atoms. The first-order valence-corrected chi connectivity index (χ1v) is 7.73. The molecule has 0 unspecified atom stereocenters. The second-order valence-electron chi connectivity index (χ2n) is 5.14. The van der Waals surface area contributed by atoms with Crippen molar-refractivity contribution >= 4 is 28.4 Å².